The lowest BCUT2D eigenvalue weighted by molar-refractivity contribution is -0.323. The van der Waals surface area contributed by atoms with Crippen LogP contribution >= 0.6 is 0 Å². The Kier molecular flexibility index (Phi) is 5.36. The van der Waals surface area contributed by atoms with Crippen LogP contribution in [0, 0.1) is 0 Å². The van der Waals surface area contributed by atoms with Gasteiger partial charge in [-0.15, -0.1) is 0 Å². The molecule has 1 N–H and O–H groups in total. The van der Waals surface area contributed by atoms with Gasteiger partial charge in [-0.2, -0.15) is 0 Å². The van der Waals surface area contributed by atoms with Gasteiger partial charge in [0.1, 0.15) is 0 Å². The minimum atomic E-state index is -0.936. The smallest absolute Gasteiger partial charge is 0.330 e. The van der Waals surface area contributed by atoms with E-state index in [9.17, 15) is 4.79 Å². The lowest BCUT2D eigenvalue weighted by Crippen LogP contribution is -2.10. The van der Waals surface area contributed by atoms with Gasteiger partial charge in [0.05, 0.1) is 7.11 Å². The summed E-state index contributed by atoms with van der Waals surface area (Å²) in [7, 11) is 2.57. The Bertz CT molecular complexity index is 138. The van der Waals surface area contributed by atoms with Crippen LogP contribution in [0.3, 0.4) is 0 Å². The summed E-state index contributed by atoms with van der Waals surface area (Å²) < 4.78 is 8.80. The molecule has 0 rings (SSSR count). The van der Waals surface area contributed by atoms with Crippen molar-refractivity contribution in [2.24, 2.45) is 0 Å². The second kappa shape index (κ2) is 5.84. The van der Waals surface area contributed by atoms with Crippen LogP contribution in [0.25, 0.3) is 0 Å². The monoisotopic (exact) mass is 162 g/mol. The van der Waals surface area contributed by atoms with E-state index in [1.54, 1.807) is 0 Å². The van der Waals surface area contributed by atoms with Gasteiger partial charge in [-0.25, -0.2) is 14.9 Å². The second-order valence-corrected chi connectivity index (χ2v) is 1.59. The highest BCUT2D eigenvalue weighted by molar-refractivity contribution is 5.81. The van der Waals surface area contributed by atoms with Gasteiger partial charge < -0.3 is 9.47 Å². The molecule has 5 nitrogen and oxygen atoms in total. The van der Waals surface area contributed by atoms with E-state index < -0.39 is 12.3 Å². The van der Waals surface area contributed by atoms with Gasteiger partial charge in [-0.05, 0) is 6.08 Å². The van der Waals surface area contributed by atoms with Crippen LogP contribution in [-0.4, -0.2) is 31.7 Å². The average Bonchev–Trinajstić information content (AvgIpc) is 2.06. The molecular formula is C6H10O5. The molecule has 0 saturated carbocycles. The number of ether oxygens (including phenoxy) is 2. The maximum atomic E-state index is 10.4. The largest absolute Gasteiger partial charge is 0.466 e. The number of hydrogen-bond acceptors (Lipinski definition) is 5. The summed E-state index contributed by atoms with van der Waals surface area (Å²) in [6, 6.07) is 0. The molecule has 5 heteroatoms. The fourth-order valence-corrected chi connectivity index (χ4v) is 0.382. The van der Waals surface area contributed by atoms with Crippen LogP contribution in [-0.2, 0) is 19.2 Å². The number of hydrogen-bond donors (Lipinski definition) is 1. The van der Waals surface area contributed by atoms with Gasteiger partial charge in [0, 0.05) is 13.2 Å². The summed E-state index contributed by atoms with van der Waals surface area (Å²) in [4.78, 5) is 14.2. The number of carbonyl (C=O) groups excluding carboxylic acids is 1. The van der Waals surface area contributed by atoms with Gasteiger partial charge in [0.2, 0.25) is 6.29 Å². The molecule has 0 saturated heterocycles. The van der Waals surface area contributed by atoms with Crippen molar-refractivity contribution < 1.29 is 24.4 Å². The van der Waals surface area contributed by atoms with Crippen LogP contribution < -0.4 is 0 Å². The molecule has 0 spiro atoms. The van der Waals surface area contributed by atoms with Gasteiger partial charge in [0.15, 0.2) is 0 Å². The predicted octanol–water partition coefficient (Wildman–Crippen LogP) is 0.178. The number of methoxy groups -OCH3 is 2. The van der Waals surface area contributed by atoms with Crippen LogP contribution in [0.4, 0.5) is 0 Å². The average molecular weight is 162 g/mol. The van der Waals surface area contributed by atoms with Crippen LogP contribution in [0.1, 0.15) is 0 Å². The number of esters is 1. The van der Waals surface area contributed by atoms with E-state index in [0.29, 0.717) is 0 Å². The topological polar surface area (TPSA) is 65.0 Å². The first kappa shape index (κ1) is 10.1. The third-order valence-corrected chi connectivity index (χ3v) is 0.927. The van der Waals surface area contributed by atoms with E-state index >= 15 is 0 Å². The van der Waals surface area contributed by atoms with Crippen molar-refractivity contribution in [1.82, 2.24) is 0 Å². The van der Waals surface area contributed by atoms with Crippen molar-refractivity contribution in [3.8, 4) is 0 Å². The zero-order chi connectivity index (χ0) is 8.69. The molecule has 1 unspecified atom stereocenters. The number of rotatable bonds is 4. The van der Waals surface area contributed by atoms with Crippen LogP contribution in [0.2, 0.25) is 0 Å². The predicted molar refractivity (Wildman–Crippen MR) is 35.7 cm³/mol. The fourth-order valence-electron chi connectivity index (χ4n) is 0.382. The molecule has 0 aliphatic carbocycles. The van der Waals surface area contributed by atoms with E-state index in [1.165, 1.54) is 20.3 Å². The molecule has 0 fully saturated rings. The maximum Gasteiger partial charge on any atom is 0.330 e. The van der Waals surface area contributed by atoms with Gasteiger partial charge in [-0.3, -0.25) is 0 Å². The normalized spacial score (nSPS) is 13.4. The third-order valence-electron chi connectivity index (χ3n) is 0.927. The molecule has 0 aromatic rings. The minimum Gasteiger partial charge on any atom is -0.466 e. The van der Waals surface area contributed by atoms with Gasteiger partial charge in [0.25, 0.3) is 0 Å². The van der Waals surface area contributed by atoms with E-state index in [1.807, 2.05) is 0 Å². The van der Waals surface area contributed by atoms with Crippen molar-refractivity contribution in [1.29, 1.82) is 0 Å². The molecule has 11 heavy (non-hydrogen) atoms. The van der Waals surface area contributed by atoms with Crippen molar-refractivity contribution in [3.05, 3.63) is 12.2 Å². The van der Waals surface area contributed by atoms with E-state index in [0.717, 1.165) is 6.08 Å². The molecule has 0 aromatic heterocycles. The van der Waals surface area contributed by atoms with Crippen LogP contribution in [0.5, 0.6) is 0 Å². The third kappa shape index (κ3) is 4.49. The summed E-state index contributed by atoms with van der Waals surface area (Å²) in [5.74, 6) is -0.538. The molecule has 64 valence electrons. The Balaban J connectivity index is 3.78. The molecule has 1 atom stereocenters. The van der Waals surface area contributed by atoms with Gasteiger partial charge >= 0.3 is 5.97 Å². The highest BCUT2D eigenvalue weighted by Crippen LogP contribution is 1.92. The first-order valence-corrected chi connectivity index (χ1v) is 2.83. The first-order valence-electron chi connectivity index (χ1n) is 2.83. The lowest BCUT2D eigenvalue weighted by atomic mass is 10.5. The quantitative estimate of drug-likeness (QED) is 0.210. The Hall–Kier alpha value is -0.910. The first-order chi connectivity index (χ1) is 5.24. The summed E-state index contributed by atoms with van der Waals surface area (Å²) in [6.07, 6.45) is 1.37. The molecule has 0 heterocycles. The zero-order valence-corrected chi connectivity index (χ0v) is 6.31. The maximum absolute atomic E-state index is 10.4. The van der Waals surface area contributed by atoms with Gasteiger partial charge in [-0.1, -0.05) is 0 Å². The summed E-state index contributed by atoms with van der Waals surface area (Å²) >= 11 is 0. The molecule has 0 aliphatic heterocycles. The Morgan fingerprint density at radius 3 is 2.55 bits per heavy atom. The molecule has 0 amide bonds. The highest BCUT2D eigenvalue weighted by Gasteiger charge is 2.01. The van der Waals surface area contributed by atoms with Crippen molar-refractivity contribution in [2.75, 3.05) is 14.2 Å². The molecule has 0 aromatic carbocycles. The molecule has 0 bridgehead atoms. The summed E-state index contributed by atoms with van der Waals surface area (Å²) in [5.41, 5.74) is 0. The van der Waals surface area contributed by atoms with E-state index in [-0.39, 0.29) is 0 Å². The zero-order valence-electron chi connectivity index (χ0n) is 6.31. The Morgan fingerprint density at radius 1 is 1.55 bits per heavy atom. The summed E-state index contributed by atoms with van der Waals surface area (Å²) in [5, 5.41) is 8.08. The lowest BCUT2D eigenvalue weighted by Gasteiger charge is -2.03. The van der Waals surface area contributed by atoms with E-state index in [4.69, 9.17) is 5.26 Å². The number of carbonyl (C=O) groups is 1. The Labute approximate surface area is 64.1 Å². The molecular weight excluding hydrogens is 152 g/mol. The Morgan fingerprint density at radius 2 is 2.18 bits per heavy atom. The minimum absolute atomic E-state index is 0.538. The van der Waals surface area contributed by atoms with E-state index in [2.05, 4.69) is 14.4 Å². The standard InChI is InChI=1S/C6H10O5/c1-9-5(7)3-4-6(10-2)11-8/h3-4,6,8H,1-2H3/b4-3-. The van der Waals surface area contributed by atoms with Crippen molar-refractivity contribution in [3.63, 3.8) is 0 Å². The fraction of sp³-hybridized carbons (Fsp3) is 0.500. The van der Waals surface area contributed by atoms with Crippen molar-refractivity contribution >= 4 is 5.97 Å². The van der Waals surface area contributed by atoms with Crippen LogP contribution in [0.15, 0.2) is 12.2 Å². The highest BCUT2D eigenvalue weighted by atomic mass is 17.1. The SMILES string of the molecule is COC(=O)/C=C\C(OC)OO. The second-order valence-electron chi connectivity index (χ2n) is 1.59. The molecule has 0 radical (unpaired) electrons. The molecule has 0 aliphatic rings. The van der Waals surface area contributed by atoms with Crippen molar-refractivity contribution in [2.45, 2.75) is 6.29 Å². The summed E-state index contributed by atoms with van der Waals surface area (Å²) in [6.45, 7) is 0.